The topological polar surface area (TPSA) is 77.2 Å². The Labute approximate surface area is 210 Å². The fourth-order valence-corrected chi connectivity index (χ4v) is 3.86. The summed E-state index contributed by atoms with van der Waals surface area (Å²) in [6.07, 6.45) is 4.72. The van der Waals surface area contributed by atoms with Gasteiger partial charge in [0.25, 0.3) is 0 Å². The van der Waals surface area contributed by atoms with Crippen LogP contribution < -0.4 is 15.2 Å². The Hall–Kier alpha value is -1.54. The number of rotatable bonds is 14. The fraction of sp³-hybridized carbons (Fsp3) is 0.520. The molecular weight excluding hydrogens is 463 g/mol. The van der Waals surface area contributed by atoms with Crippen LogP contribution in [0.1, 0.15) is 31.2 Å². The van der Waals surface area contributed by atoms with E-state index in [1.165, 1.54) is 31.2 Å². The molecule has 0 bridgehead atoms. The van der Waals surface area contributed by atoms with E-state index in [-0.39, 0.29) is 31.4 Å². The van der Waals surface area contributed by atoms with Gasteiger partial charge in [0, 0.05) is 26.2 Å². The summed E-state index contributed by atoms with van der Waals surface area (Å²) in [6.45, 7) is 3.94. The van der Waals surface area contributed by atoms with Crippen molar-refractivity contribution in [1.29, 1.82) is 0 Å². The molecule has 186 valence electrons. The van der Waals surface area contributed by atoms with Crippen molar-refractivity contribution in [3.63, 3.8) is 0 Å². The van der Waals surface area contributed by atoms with Gasteiger partial charge in [0.2, 0.25) is 0 Å². The first-order valence-corrected chi connectivity index (χ1v) is 11.3. The zero-order chi connectivity index (χ0) is 21.7. The Morgan fingerprint density at radius 1 is 0.909 bits per heavy atom. The molecule has 1 aliphatic rings. The smallest absolute Gasteiger partial charge is 0.119 e. The fourth-order valence-electron chi connectivity index (χ4n) is 3.86. The predicted molar refractivity (Wildman–Crippen MR) is 137 cm³/mol. The van der Waals surface area contributed by atoms with Crippen molar-refractivity contribution in [3.8, 4) is 11.5 Å². The van der Waals surface area contributed by atoms with Gasteiger partial charge in [-0.1, -0.05) is 43.2 Å². The lowest BCUT2D eigenvalue weighted by Crippen LogP contribution is -2.38. The van der Waals surface area contributed by atoms with Crippen LogP contribution in [0.25, 0.3) is 0 Å². The van der Waals surface area contributed by atoms with E-state index in [1.54, 1.807) is 0 Å². The maximum Gasteiger partial charge on any atom is 0.119 e. The molecule has 2 aromatic rings. The third-order valence-electron chi connectivity index (χ3n) is 5.44. The minimum absolute atomic E-state index is 0. The van der Waals surface area contributed by atoms with Crippen LogP contribution in [0.4, 0.5) is 0 Å². The molecular formula is C25H38Cl2N2O4. The number of nitrogens with two attached hydrogens (primary N) is 1. The van der Waals surface area contributed by atoms with Gasteiger partial charge in [0.05, 0.1) is 12.7 Å². The van der Waals surface area contributed by atoms with Crippen LogP contribution in [0.5, 0.6) is 11.5 Å². The molecule has 0 aliphatic heterocycles. The van der Waals surface area contributed by atoms with Gasteiger partial charge in [-0.3, -0.25) is 4.90 Å². The predicted octanol–water partition coefficient (Wildman–Crippen LogP) is 4.07. The zero-order valence-corrected chi connectivity index (χ0v) is 20.8. The van der Waals surface area contributed by atoms with Crippen LogP contribution in [0.2, 0.25) is 0 Å². The molecule has 8 heteroatoms. The average Bonchev–Trinajstić information content (AvgIpc) is 3.31. The molecule has 1 unspecified atom stereocenters. The van der Waals surface area contributed by atoms with Crippen LogP contribution >= 0.6 is 24.8 Å². The second kappa shape index (κ2) is 17.0. The molecule has 0 heterocycles. The zero-order valence-electron chi connectivity index (χ0n) is 19.1. The molecule has 0 amide bonds. The lowest BCUT2D eigenvalue weighted by molar-refractivity contribution is 0.0382. The van der Waals surface area contributed by atoms with Crippen molar-refractivity contribution in [2.24, 2.45) is 5.73 Å². The molecule has 1 atom stereocenters. The number of hydrogen-bond acceptors (Lipinski definition) is 6. The number of halogens is 2. The van der Waals surface area contributed by atoms with Crippen molar-refractivity contribution in [1.82, 2.24) is 4.90 Å². The second-order valence-corrected chi connectivity index (χ2v) is 8.07. The molecule has 0 spiro atoms. The van der Waals surface area contributed by atoms with Crippen molar-refractivity contribution in [3.05, 3.63) is 60.2 Å². The highest BCUT2D eigenvalue weighted by molar-refractivity contribution is 5.85. The van der Waals surface area contributed by atoms with Crippen LogP contribution in [0.15, 0.2) is 54.6 Å². The standard InChI is InChI=1S/C25H36N2O4.2ClH/c26-14-15-27(18-21-6-2-1-3-7-21)19-22(28)20-31-25-12-10-24(11-13-25)30-17-16-29-23-8-4-5-9-23;;/h1-3,6-7,10-13,22-23,28H,4-5,8-9,14-20,26H2;2*1H. The van der Waals surface area contributed by atoms with E-state index >= 15 is 0 Å². The number of ether oxygens (including phenoxy) is 3. The molecule has 33 heavy (non-hydrogen) atoms. The van der Waals surface area contributed by atoms with E-state index in [4.69, 9.17) is 19.9 Å². The monoisotopic (exact) mass is 500 g/mol. The van der Waals surface area contributed by atoms with Gasteiger partial charge < -0.3 is 25.1 Å². The third kappa shape index (κ3) is 11.4. The maximum atomic E-state index is 10.4. The van der Waals surface area contributed by atoms with Gasteiger partial charge in [-0.25, -0.2) is 0 Å². The normalized spacial score (nSPS) is 14.4. The van der Waals surface area contributed by atoms with E-state index < -0.39 is 6.10 Å². The third-order valence-corrected chi connectivity index (χ3v) is 5.44. The average molecular weight is 501 g/mol. The summed E-state index contributed by atoms with van der Waals surface area (Å²) in [5, 5.41) is 10.4. The molecule has 1 saturated carbocycles. The summed E-state index contributed by atoms with van der Waals surface area (Å²) < 4.78 is 17.3. The second-order valence-electron chi connectivity index (χ2n) is 8.07. The summed E-state index contributed by atoms with van der Waals surface area (Å²) in [4.78, 5) is 2.15. The Morgan fingerprint density at radius 3 is 2.18 bits per heavy atom. The lowest BCUT2D eigenvalue weighted by Gasteiger charge is -2.24. The molecule has 1 fully saturated rings. The van der Waals surface area contributed by atoms with Gasteiger partial charge in [0.15, 0.2) is 0 Å². The van der Waals surface area contributed by atoms with Gasteiger partial charge in [-0.15, -0.1) is 24.8 Å². The van der Waals surface area contributed by atoms with Crippen molar-refractivity contribution in [2.45, 2.75) is 44.4 Å². The van der Waals surface area contributed by atoms with Crippen LogP contribution in [-0.4, -0.2) is 61.7 Å². The van der Waals surface area contributed by atoms with Gasteiger partial charge in [-0.2, -0.15) is 0 Å². The van der Waals surface area contributed by atoms with Crippen LogP contribution in [0, 0.1) is 0 Å². The highest BCUT2D eigenvalue weighted by atomic mass is 35.5. The molecule has 0 radical (unpaired) electrons. The van der Waals surface area contributed by atoms with Crippen LogP contribution in [0.3, 0.4) is 0 Å². The van der Waals surface area contributed by atoms with Gasteiger partial charge >= 0.3 is 0 Å². The quantitative estimate of drug-likeness (QED) is 0.380. The first-order chi connectivity index (χ1) is 15.2. The summed E-state index contributed by atoms with van der Waals surface area (Å²) in [5.74, 6) is 1.50. The van der Waals surface area contributed by atoms with Gasteiger partial charge in [0.1, 0.15) is 30.8 Å². The maximum absolute atomic E-state index is 10.4. The first-order valence-electron chi connectivity index (χ1n) is 11.3. The van der Waals surface area contributed by atoms with E-state index in [0.29, 0.717) is 38.2 Å². The first kappa shape index (κ1) is 29.5. The Kier molecular flexibility index (Phi) is 15.2. The van der Waals surface area contributed by atoms with E-state index in [1.807, 2.05) is 42.5 Å². The highest BCUT2D eigenvalue weighted by Crippen LogP contribution is 2.21. The molecule has 3 N–H and O–H groups in total. The Bertz CT molecular complexity index is 731. The summed E-state index contributed by atoms with van der Waals surface area (Å²) in [6, 6.07) is 17.7. The molecule has 1 aliphatic carbocycles. The van der Waals surface area contributed by atoms with Gasteiger partial charge in [-0.05, 0) is 42.7 Å². The van der Waals surface area contributed by atoms with Crippen molar-refractivity contribution < 1.29 is 19.3 Å². The lowest BCUT2D eigenvalue weighted by atomic mass is 10.2. The van der Waals surface area contributed by atoms with Crippen molar-refractivity contribution in [2.75, 3.05) is 39.5 Å². The van der Waals surface area contributed by atoms with Crippen LogP contribution in [-0.2, 0) is 11.3 Å². The highest BCUT2D eigenvalue weighted by Gasteiger charge is 2.15. The number of nitrogens with zero attached hydrogens (tertiary/aromatic N) is 1. The SMILES string of the molecule is Cl.Cl.NCCN(Cc1ccccc1)CC(O)COc1ccc(OCCOC2CCCC2)cc1. The summed E-state index contributed by atoms with van der Waals surface area (Å²) in [5.41, 5.74) is 6.94. The Balaban J connectivity index is 0.00000272. The minimum Gasteiger partial charge on any atom is -0.491 e. The number of benzene rings is 2. The number of aliphatic hydroxyl groups excluding tert-OH is 1. The molecule has 3 rings (SSSR count). The molecule has 6 nitrogen and oxygen atoms in total. The summed E-state index contributed by atoms with van der Waals surface area (Å²) in [7, 11) is 0. The minimum atomic E-state index is -0.598. The summed E-state index contributed by atoms with van der Waals surface area (Å²) >= 11 is 0. The van der Waals surface area contributed by atoms with E-state index in [0.717, 1.165) is 18.8 Å². The molecule has 0 aromatic heterocycles. The number of aliphatic hydroxyl groups is 1. The van der Waals surface area contributed by atoms with E-state index in [2.05, 4.69) is 17.0 Å². The molecule has 0 saturated heterocycles. The Morgan fingerprint density at radius 2 is 1.55 bits per heavy atom. The van der Waals surface area contributed by atoms with Crippen molar-refractivity contribution >= 4 is 24.8 Å². The largest absolute Gasteiger partial charge is 0.491 e. The molecule has 2 aromatic carbocycles. The van der Waals surface area contributed by atoms with E-state index in [9.17, 15) is 5.11 Å². The number of hydrogen-bond donors (Lipinski definition) is 2.